The number of hydrogen-bond acceptors (Lipinski definition) is 6. The van der Waals surface area contributed by atoms with Crippen molar-refractivity contribution in [3.63, 3.8) is 0 Å². The maximum absolute atomic E-state index is 13.1. The molecule has 2 saturated heterocycles. The zero-order valence-electron chi connectivity index (χ0n) is 19.4. The van der Waals surface area contributed by atoms with Crippen LogP contribution >= 0.6 is 11.3 Å². The molecule has 0 spiro atoms. The van der Waals surface area contributed by atoms with Crippen LogP contribution in [0.2, 0.25) is 0 Å². The second-order valence-corrected chi connectivity index (χ2v) is 12.2. The van der Waals surface area contributed by atoms with Gasteiger partial charge in [-0.05, 0) is 63.1 Å². The maximum atomic E-state index is 13.1. The first-order chi connectivity index (χ1) is 16.3. The third-order valence-corrected chi connectivity index (χ3v) is 9.61. The van der Waals surface area contributed by atoms with Gasteiger partial charge in [-0.2, -0.15) is 4.31 Å². The highest BCUT2D eigenvalue weighted by Crippen LogP contribution is 2.34. The van der Waals surface area contributed by atoms with Crippen LogP contribution in [0, 0.1) is 0 Å². The third-order valence-electron chi connectivity index (χ3n) is 6.57. The summed E-state index contributed by atoms with van der Waals surface area (Å²) in [6, 6.07) is 14.5. The predicted octanol–water partition coefficient (Wildman–Crippen LogP) is 4.11. The number of para-hydroxylation sites is 1. The van der Waals surface area contributed by atoms with Crippen molar-refractivity contribution in [3.05, 3.63) is 59.1 Å². The van der Waals surface area contributed by atoms with Crippen LogP contribution in [0.5, 0.6) is 0 Å². The van der Waals surface area contributed by atoms with Crippen molar-refractivity contribution < 1.29 is 17.9 Å². The molecule has 2 fully saturated rings. The summed E-state index contributed by atoms with van der Waals surface area (Å²) in [6.45, 7) is 5.75. The molecular formula is C25H29N3O4S2. The van der Waals surface area contributed by atoms with Gasteiger partial charge >= 0.3 is 0 Å². The van der Waals surface area contributed by atoms with Crippen LogP contribution in [0.3, 0.4) is 0 Å². The fraction of sp³-hybridized carbons (Fsp3) is 0.440. The average Bonchev–Trinajstić information content (AvgIpc) is 3.27. The van der Waals surface area contributed by atoms with E-state index in [-0.39, 0.29) is 23.0 Å². The Bertz CT molecular complexity index is 1240. The fourth-order valence-corrected chi connectivity index (χ4v) is 7.55. The maximum Gasteiger partial charge on any atom is 0.253 e. The quantitative estimate of drug-likeness (QED) is 0.540. The van der Waals surface area contributed by atoms with Gasteiger partial charge in [0.05, 0.1) is 32.3 Å². The Morgan fingerprint density at radius 1 is 1.00 bits per heavy atom. The van der Waals surface area contributed by atoms with Gasteiger partial charge in [-0.1, -0.05) is 12.1 Å². The normalized spacial score (nSPS) is 22.8. The molecule has 2 unspecified atom stereocenters. The van der Waals surface area contributed by atoms with Gasteiger partial charge in [-0.15, -0.1) is 11.3 Å². The Morgan fingerprint density at radius 2 is 1.65 bits per heavy atom. The Labute approximate surface area is 204 Å². The Balaban J connectivity index is 1.23. The standard InChI is InChI=1S/C25H29N3O4S2/c1-17-15-28(16-18(2)32-17)34(30,31)21-9-7-20(8-10-21)25(29)27-13-11-19(12-14-27)24-26-22-5-3-4-6-23(22)33-24/h3-10,17-19H,11-16H2,1-2H3. The molecule has 5 rings (SSSR count). The number of rotatable bonds is 4. The number of ether oxygens (including phenoxy) is 1. The molecule has 9 heteroatoms. The van der Waals surface area contributed by atoms with Crippen LogP contribution in [0.4, 0.5) is 0 Å². The highest BCUT2D eigenvalue weighted by atomic mass is 32.2. The van der Waals surface area contributed by atoms with E-state index in [4.69, 9.17) is 9.72 Å². The molecule has 1 aromatic heterocycles. The second kappa shape index (κ2) is 9.37. The number of piperidine rings is 1. The van der Waals surface area contributed by atoms with Gasteiger partial charge < -0.3 is 9.64 Å². The van der Waals surface area contributed by atoms with Crippen molar-refractivity contribution in [3.8, 4) is 0 Å². The topological polar surface area (TPSA) is 79.8 Å². The van der Waals surface area contributed by atoms with Crippen LogP contribution in [0.15, 0.2) is 53.4 Å². The summed E-state index contributed by atoms with van der Waals surface area (Å²) in [6.07, 6.45) is 1.46. The van der Waals surface area contributed by atoms with Gasteiger partial charge in [0.25, 0.3) is 5.91 Å². The van der Waals surface area contributed by atoms with Gasteiger partial charge in [0.2, 0.25) is 10.0 Å². The molecule has 2 aromatic carbocycles. The lowest BCUT2D eigenvalue weighted by molar-refractivity contribution is -0.0440. The van der Waals surface area contributed by atoms with Crippen molar-refractivity contribution in [2.45, 2.75) is 49.7 Å². The van der Waals surface area contributed by atoms with Gasteiger partial charge in [0, 0.05) is 37.7 Å². The Morgan fingerprint density at radius 3 is 2.29 bits per heavy atom. The van der Waals surface area contributed by atoms with E-state index in [9.17, 15) is 13.2 Å². The highest BCUT2D eigenvalue weighted by molar-refractivity contribution is 7.89. The molecule has 2 aliphatic heterocycles. The zero-order chi connectivity index (χ0) is 23.9. The molecule has 0 radical (unpaired) electrons. The molecule has 2 aliphatic rings. The van der Waals surface area contributed by atoms with Crippen LogP contribution in [0.1, 0.15) is 48.0 Å². The van der Waals surface area contributed by atoms with Crippen molar-refractivity contribution >= 4 is 37.5 Å². The summed E-state index contributed by atoms with van der Waals surface area (Å²) in [5, 5.41) is 1.15. The van der Waals surface area contributed by atoms with Crippen LogP contribution in [0.25, 0.3) is 10.2 Å². The van der Waals surface area contributed by atoms with Gasteiger partial charge in [-0.25, -0.2) is 13.4 Å². The fourth-order valence-electron chi connectivity index (χ4n) is 4.82. The summed E-state index contributed by atoms with van der Waals surface area (Å²) in [5.74, 6) is 0.313. The number of thiazole rings is 1. The van der Waals surface area contributed by atoms with Gasteiger partial charge in [0.1, 0.15) is 0 Å². The zero-order valence-corrected chi connectivity index (χ0v) is 21.0. The number of likely N-dealkylation sites (tertiary alicyclic amines) is 1. The molecule has 34 heavy (non-hydrogen) atoms. The summed E-state index contributed by atoms with van der Waals surface area (Å²) >= 11 is 1.74. The summed E-state index contributed by atoms with van der Waals surface area (Å²) < 4.78 is 34.5. The van der Waals surface area contributed by atoms with E-state index in [1.54, 1.807) is 35.6 Å². The molecule has 7 nitrogen and oxygen atoms in total. The lowest BCUT2D eigenvalue weighted by Gasteiger charge is -2.34. The molecule has 180 valence electrons. The molecule has 0 saturated carbocycles. The average molecular weight is 500 g/mol. The smallest absolute Gasteiger partial charge is 0.253 e. The number of hydrogen-bond donors (Lipinski definition) is 0. The highest BCUT2D eigenvalue weighted by Gasteiger charge is 2.32. The minimum atomic E-state index is -3.62. The largest absolute Gasteiger partial charge is 0.373 e. The van der Waals surface area contributed by atoms with Gasteiger partial charge in [0.15, 0.2) is 0 Å². The van der Waals surface area contributed by atoms with E-state index >= 15 is 0 Å². The first-order valence-corrected chi connectivity index (χ1v) is 14.0. The second-order valence-electron chi connectivity index (χ2n) is 9.19. The SMILES string of the molecule is CC1CN(S(=O)(=O)c2ccc(C(=O)N3CCC(c4nc5ccccc5s4)CC3)cc2)CC(C)O1. The number of carbonyl (C=O) groups excluding carboxylic acids is 1. The lowest BCUT2D eigenvalue weighted by Crippen LogP contribution is -2.48. The van der Waals surface area contributed by atoms with Crippen molar-refractivity contribution in [2.24, 2.45) is 0 Å². The summed E-state index contributed by atoms with van der Waals surface area (Å²) in [4.78, 5) is 19.9. The summed E-state index contributed by atoms with van der Waals surface area (Å²) in [5.41, 5.74) is 1.55. The Hall–Kier alpha value is -2.33. The third kappa shape index (κ3) is 4.62. The van der Waals surface area contributed by atoms with E-state index in [2.05, 4.69) is 6.07 Å². The predicted molar refractivity (Wildman–Crippen MR) is 133 cm³/mol. The number of amides is 1. The molecular weight excluding hydrogens is 470 g/mol. The van der Waals surface area contributed by atoms with Crippen LogP contribution in [-0.4, -0.2) is 66.9 Å². The van der Waals surface area contributed by atoms with Crippen LogP contribution in [-0.2, 0) is 14.8 Å². The van der Waals surface area contributed by atoms with Crippen LogP contribution < -0.4 is 0 Å². The lowest BCUT2D eigenvalue weighted by atomic mass is 9.97. The van der Waals surface area contributed by atoms with Gasteiger partial charge in [-0.3, -0.25) is 4.79 Å². The number of benzene rings is 2. The van der Waals surface area contributed by atoms with Crippen molar-refractivity contribution in [2.75, 3.05) is 26.2 Å². The molecule has 3 aromatic rings. The number of nitrogens with zero attached hydrogens (tertiary/aromatic N) is 3. The summed E-state index contributed by atoms with van der Waals surface area (Å²) in [7, 11) is -3.62. The number of carbonyl (C=O) groups is 1. The van der Waals surface area contributed by atoms with E-state index in [0.717, 1.165) is 23.4 Å². The molecule has 0 N–H and O–H groups in total. The van der Waals surface area contributed by atoms with E-state index < -0.39 is 10.0 Å². The molecule has 0 aliphatic carbocycles. The molecule has 3 heterocycles. The Kier molecular flexibility index (Phi) is 6.45. The number of fused-ring (bicyclic) bond motifs is 1. The molecule has 1 amide bonds. The number of aromatic nitrogens is 1. The minimum absolute atomic E-state index is 0.0553. The molecule has 0 bridgehead atoms. The number of sulfonamides is 1. The minimum Gasteiger partial charge on any atom is -0.373 e. The number of morpholine rings is 1. The van der Waals surface area contributed by atoms with Crippen molar-refractivity contribution in [1.29, 1.82) is 0 Å². The molecule has 2 atom stereocenters. The first-order valence-electron chi connectivity index (χ1n) is 11.7. The monoisotopic (exact) mass is 499 g/mol. The first kappa shape index (κ1) is 23.4. The van der Waals surface area contributed by atoms with E-state index in [1.807, 2.05) is 36.9 Å². The van der Waals surface area contributed by atoms with Crippen molar-refractivity contribution in [1.82, 2.24) is 14.2 Å². The van der Waals surface area contributed by atoms with E-state index in [0.29, 0.717) is 37.7 Å². The van der Waals surface area contributed by atoms with E-state index in [1.165, 1.54) is 9.01 Å².